The summed E-state index contributed by atoms with van der Waals surface area (Å²) in [5.41, 5.74) is 8.33. The molecular formula is C13H12BrN3S. The monoisotopic (exact) mass is 321 g/mol. The first kappa shape index (κ1) is 12.9. The van der Waals surface area contributed by atoms with Gasteiger partial charge in [0.2, 0.25) is 0 Å². The van der Waals surface area contributed by atoms with Crippen molar-refractivity contribution in [3.05, 3.63) is 44.6 Å². The van der Waals surface area contributed by atoms with Crippen LogP contribution < -0.4 is 11.1 Å². The molecule has 5 heteroatoms. The minimum atomic E-state index is 0.339. The molecule has 0 aliphatic heterocycles. The van der Waals surface area contributed by atoms with Gasteiger partial charge in [-0.25, -0.2) is 0 Å². The van der Waals surface area contributed by atoms with Crippen molar-refractivity contribution in [2.75, 3.05) is 11.1 Å². The van der Waals surface area contributed by atoms with Gasteiger partial charge in [0.05, 0.1) is 12.5 Å². The molecule has 0 atom stereocenters. The third kappa shape index (κ3) is 3.25. The first-order chi connectivity index (χ1) is 8.69. The highest BCUT2D eigenvalue weighted by molar-refractivity contribution is 9.10. The van der Waals surface area contributed by atoms with Crippen LogP contribution in [0.5, 0.6) is 0 Å². The minimum absolute atomic E-state index is 0.339. The van der Waals surface area contributed by atoms with E-state index in [9.17, 15) is 0 Å². The number of hydrogen-bond acceptors (Lipinski definition) is 4. The number of halogens is 1. The normalized spacial score (nSPS) is 10.0. The first-order valence-electron chi connectivity index (χ1n) is 5.41. The number of nitrogens with two attached hydrogens (primary N) is 1. The van der Waals surface area contributed by atoms with Crippen molar-refractivity contribution in [3.63, 3.8) is 0 Å². The van der Waals surface area contributed by atoms with Crippen molar-refractivity contribution in [1.82, 2.24) is 0 Å². The SMILES string of the molecule is N#CCc1cc(NCc2cc(Br)cs2)ccc1N. The molecule has 0 amide bonds. The van der Waals surface area contributed by atoms with Crippen molar-refractivity contribution in [3.8, 4) is 6.07 Å². The number of nitrogen functional groups attached to an aromatic ring is 1. The van der Waals surface area contributed by atoms with Crippen LogP contribution in [0, 0.1) is 11.3 Å². The number of rotatable bonds is 4. The molecule has 3 nitrogen and oxygen atoms in total. The summed E-state index contributed by atoms with van der Waals surface area (Å²) in [5, 5.41) is 14.1. The van der Waals surface area contributed by atoms with Gasteiger partial charge in [-0.15, -0.1) is 11.3 Å². The molecule has 1 aromatic heterocycles. The lowest BCUT2D eigenvalue weighted by molar-refractivity contribution is 1.18. The number of nitrogens with zero attached hydrogens (tertiary/aromatic N) is 1. The molecule has 0 bridgehead atoms. The molecule has 1 heterocycles. The zero-order valence-corrected chi connectivity index (χ0v) is 12.0. The van der Waals surface area contributed by atoms with E-state index < -0.39 is 0 Å². The molecule has 2 aromatic rings. The van der Waals surface area contributed by atoms with Crippen LogP contribution in [0.2, 0.25) is 0 Å². The molecular weight excluding hydrogens is 310 g/mol. The third-order valence-corrected chi connectivity index (χ3v) is 4.20. The number of nitrogens with one attached hydrogen (secondary N) is 1. The second-order valence-electron chi connectivity index (χ2n) is 3.83. The number of nitriles is 1. The molecule has 0 aliphatic rings. The lowest BCUT2D eigenvalue weighted by Gasteiger charge is -2.08. The Morgan fingerprint density at radius 3 is 2.89 bits per heavy atom. The average Bonchev–Trinajstić information content (AvgIpc) is 2.76. The Labute approximate surface area is 118 Å². The van der Waals surface area contributed by atoms with E-state index in [-0.39, 0.29) is 0 Å². The Bertz CT molecular complexity index is 586. The van der Waals surface area contributed by atoms with Crippen molar-refractivity contribution >= 4 is 38.6 Å². The van der Waals surface area contributed by atoms with Crippen molar-refractivity contribution in [1.29, 1.82) is 5.26 Å². The van der Waals surface area contributed by atoms with Crippen LogP contribution in [-0.4, -0.2) is 0 Å². The molecule has 1 aromatic carbocycles. The van der Waals surface area contributed by atoms with Gasteiger partial charge in [-0.1, -0.05) is 0 Å². The molecule has 92 valence electrons. The minimum Gasteiger partial charge on any atom is -0.398 e. The van der Waals surface area contributed by atoms with Gasteiger partial charge in [-0.05, 0) is 45.8 Å². The molecule has 0 saturated carbocycles. The Balaban J connectivity index is 2.05. The van der Waals surface area contributed by atoms with E-state index in [0.29, 0.717) is 12.1 Å². The molecule has 0 unspecified atom stereocenters. The van der Waals surface area contributed by atoms with Gasteiger partial charge in [-0.3, -0.25) is 0 Å². The summed E-state index contributed by atoms with van der Waals surface area (Å²) in [6, 6.07) is 9.90. The molecule has 2 rings (SSSR count). The summed E-state index contributed by atoms with van der Waals surface area (Å²) >= 11 is 5.13. The number of thiophene rings is 1. The second kappa shape index (κ2) is 5.89. The van der Waals surface area contributed by atoms with E-state index >= 15 is 0 Å². The first-order valence-corrected chi connectivity index (χ1v) is 7.08. The Kier molecular flexibility index (Phi) is 4.24. The maximum atomic E-state index is 8.72. The second-order valence-corrected chi connectivity index (χ2v) is 5.74. The van der Waals surface area contributed by atoms with Gasteiger partial charge in [0.1, 0.15) is 0 Å². The Morgan fingerprint density at radius 1 is 1.39 bits per heavy atom. The summed E-state index contributed by atoms with van der Waals surface area (Å²) in [7, 11) is 0. The maximum absolute atomic E-state index is 8.72. The van der Waals surface area contributed by atoms with E-state index in [1.54, 1.807) is 11.3 Å². The summed E-state index contributed by atoms with van der Waals surface area (Å²) in [6.45, 7) is 0.770. The van der Waals surface area contributed by atoms with Crippen LogP contribution in [0.3, 0.4) is 0 Å². The molecule has 18 heavy (non-hydrogen) atoms. The molecule has 0 spiro atoms. The quantitative estimate of drug-likeness (QED) is 0.842. The number of anilines is 2. The molecule has 0 fully saturated rings. The highest BCUT2D eigenvalue weighted by Crippen LogP contribution is 2.22. The predicted molar refractivity (Wildman–Crippen MR) is 79.5 cm³/mol. The predicted octanol–water partition coefficient (Wildman–Crippen LogP) is 3.77. The zero-order valence-electron chi connectivity index (χ0n) is 9.61. The largest absolute Gasteiger partial charge is 0.398 e. The van der Waals surface area contributed by atoms with Gasteiger partial charge in [0, 0.05) is 32.6 Å². The van der Waals surface area contributed by atoms with Gasteiger partial charge < -0.3 is 11.1 Å². The van der Waals surface area contributed by atoms with Crippen LogP contribution in [-0.2, 0) is 13.0 Å². The average molecular weight is 322 g/mol. The van der Waals surface area contributed by atoms with E-state index in [0.717, 1.165) is 22.3 Å². The fourth-order valence-electron chi connectivity index (χ4n) is 1.59. The lowest BCUT2D eigenvalue weighted by Crippen LogP contribution is -2.00. The number of hydrogen-bond donors (Lipinski definition) is 2. The maximum Gasteiger partial charge on any atom is 0.0670 e. The standard InChI is InChI=1S/C13H12BrN3S/c14-10-6-12(18-8-10)7-17-11-1-2-13(16)9(5-11)3-4-15/h1-2,5-6,8,17H,3,7,16H2. The summed E-state index contributed by atoms with van der Waals surface area (Å²) in [5.74, 6) is 0. The van der Waals surface area contributed by atoms with Crippen LogP contribution in [0.4, 0.5) is 11.4 Å². The van der Waals surface area contributed by atoms with Crippen LogP contribution in [0.15, 0.2) is 34.1 Å². The van der Waals surface area contributed by atoms with E-state index in [1.807, 2.05) is 18.2 Å². The topological polar surface area (TPSA) is 61.8 Å². The van der Waals surface area contributed by atoms with Crippen LogP contribution in [0.25, 0.3) is 0 Å². The van der Waals surface area contributed by atoms with Crippen molar-refractivity contribution in [2.45, 2.75) is 13.0 Å². The third-order valence-electron chi connectivity index (χ3n) is 2.50. The van der Waals surface area contributed by atoms with E-state index in [4.69, 9.17) is 11.0 Å². The fourth-order valence-corrected chi connectivity index (χ4v) is 2.98. The van der Waals surface area contributed by atoms with Gasteiger partial charge in [0.25, 0.3) is 0 Å². The van der Waals surface area contributed by atoms with Crippen molar-refractivity contribution < 1.29 is 0 Å². The number of benzene rings is 1. The summed E-state index contributed by atoms with van der Waals surface area (Å²) in [6.07, 6.45) is 0.339. The van der Waals surface area contributed by atoms with Crippen LogP contribution in [0.1, 0.15) is 10.4 Å². The zero-order chi connectivity index (χ0) is 13.0. The Hall–Kier alpha value is -1.51. The van der Waals surface area contributed by atoms with Crippen molar-refractivity contribution in [2.24, 2.45) is 0 Å². The molecule has 0 aliphatic carbocycles. The van der Waals surface area contributed by atoms with Gasteiger partial charge in [0.15, 0.2) is 0 Å². The molecule has 0 radical (unpaired) electrons. The highest BCUT2D eigenvalue weighted by Gasteiger charge is 2.02. The fraction of sp³-hybridized carbons (Fsp3) is 0.154. The van der Waals surface area contributed by atoms with E-state index in [2.05, 4.69) is 38.8 Å². The van der Waals surface area contributed by atoms with Crippen LogP contribution >= 0.6 is 27.3 Å². The lowest BCUT2D eigenvalue weighted by atomic mass is 10.1. The smallest absolute Gasteiger partial charge is 0.0670 e. The highest BCUT2D eigenvalue weighted by atomic mass is 79.9. The Morgan fingerprint density at radius 2 is 2.22 bits per heavy atom. The van der Waals surface area contributed by atoms with Gasteiger partial charge in [-0.2, -0.15) is 5.26 Å². The van der Waals surface area contributed by atoms with E-state index in [1.165, 1.54) is 4.88 Å². The summed E-state index contributed by atoms with van der Waals surface area (Å²) in [4.78, 5) is 1.25. The van der Waals surface area contributed by atoms with Gasteiger partial charge >= 0.3 is 0 Å². The molecule has 0 saturated heterocycles. The summed E-state index contributed by atoms with van der Waals surface area (Å²) < 4.78 is 1.10. The molecule has 3 N–H and O–H groups in total.